The zero-order valence-corrected chi connectivity index (χ0v) is 16.1. The molecule has 0 bridgehead atoms. The fourth-order valence-electron chi connectivity index (χ4n) is 4.50. The maximum Gasteiger partial charge on any atom is 0.227 e. The third-order valence-electron chi connectivity index (χ3n) is 6.07. The second kappa shape index (κ2) is 8.15. The number of hydrogen-bond acceptors (Lipinski definition) is 3. The third-order valence-corrected chi connectivity index (χ3v) is 6.07. The Bertz CT molecular complexity index is 852. The predicted molar refractivity (Wildman–Crippen MR) is 110 cm³/mol. The molecule has 1 fully saturated rings. The van der Waals surface area contributed by atoms with E-state index in [0.29, 0.717) is 39.0 Å². The van der Waals surface area contributed by atoms with Crippen LogP contribution in [0.2, 0.25) is 0 Å². The van der Waals surface area contributed by atoms with E-state index in [4.69, 9.17) is 5.73 Å². The molecule has 0 spiro atoms. The van der Waals surface area contributed by atoms with Crippen LogP contribution in [0.25, 0.3) is 0 Å². The van der Waals surface area contributed by atoms with Crippen LogP contribution in [0.1, 0.15) is 29.9 Å². The average Bonchev–Trinajstić information content (AvgIpc) is 3.18. The average molecular weight is 377 g/mol. The minimum Gasteiger partial charge on any atom is -0.342 e. The van der Waals surface area contributed by atoms with E-state index in [2.05, 4.69) is 18.2 Å². The van der Waals surface area contributed by atoms with Crippen molar-refractivity contribution in [2.24, 2.45) is 11.7 Å². The molecule has 146 valence electrons. The Labute approximate surface area is 166 Å². The van der Waals surface area contributed by atoms with E-state index < -0.39 is 0 Å². The molecule has 0 unspecified atom stereocenters. The molecule has 2 aliphatic rings. The lowest BCUT2D eigenvalue weighted by molar-refractivity contribution is -0.130. The molecule has 2 atom stereocenters. The summed E-state index contributed by atoms with van der Waals surface area (Å²) in [5.41, 5.74) is 9.38. The number of benzene rings is 2. The molecule has 5 nitrogen and oxygen atoms in total. The Morgan fingerprint density at radius 3 is 2.54 bits per heavy atom. The van der Waals surface area contributed by atoms with Crippen molar-refractivity contribution in [1.29, 1.82) is 0 Å². The summed E-state index contributed by atoms with van der Waals surface area (Å²) in [4.78, 5) is 29.0. The monoisotopic (exact) mass is 377 g/mol. The summed E-state index contributed by atoms with van der Waals surface area (Å²) in [6.07, 6.45) is 1.64. The van der Waals surface area contributed by atoms with Crippen LogP contribution in [0.3, 0.4) is 0 Å². The van der Waals surface area contributed by atoms with Crippen molar-refractivity contribution >= 4 is 17.5 Å². The van der Waals surface area contributed by atoms with E-state index in [1.807, 2.05) is 41.3 Å². The van der Waals surface area contributed by atoms with Gasteiger partial charge in [-0.2, -0.15) is 0 Å². The van der Waals surface area contributed by atoms with Gasteiger partial charge < -0.3 is 15.5 Å². The van der Waals surface area contributed by atoms with Crippen molar-refractivity contribution in [2.45, 2.75) is 25.2 Å². The summed E-state index contributed by atoms with van der Waals surface area (Å²) in [5, 5.41) is 0. The third kappa shape index (κ3) is 3.67. The van der Waals surface area contributed by atoms with Crippen LogP contribution in [-0.4, -0.2) is 42.9 Å². The van der Waals surface area contributed by atoms with Crippen LogP contribution in [-0.2, 0) is 16.0 Å². The van der Waals surface area contributed by atoms with Gasteiger partial charge >= 0.3 is 0 Å². The van der Waals surface area contributed by atoms with Gasteiger partial charge in [-0.25, -0.2) is 0 Å². The molecule has 0 radical (unpaired) electrons. The number of anilines is 1. The lowest BCUT2D eigenvalue weighted by Gasteiger charge is -2.29. The highest BCUT2D eigenvalue weighted by Crippen LogP contribution is 2.33. The summed E-state index contributed by atoms with van der Waals surface area (Å²) >= 11 is 0. The molecular weight excluding hydrogens is 350 g/mol. The first-order valence-electron chi connectivity index (χ1n) is 10.1. The second-order valence-electron chi connectivity index (χ2n) is 7.74. The number of aryl methyl sites for hydroxylation is 1. The fraction of sp³-hybridized carbons (Fsp3) is 0.391. The molecule has 2 aromatic carbocycles. The number of para-hydroxylation sites is 1. The molecule has 2 N–H and O–H groups in total. The molecule has 2 aliphatic heterocycles. The van der Waals surface area contributed by atoms with Crippen molar-refractivity contribution in [2.75, 3.05) is 31.1 Å². The number of likely N-dealkylation sites (tertiary alicyclic amines) is 1. The van der Waals surface area contributed by atoms with Crippen molar-refractivity contribution in [1.82, 2.24) is 4.90 Å². The Kier molecular flexibility index (Phi) is 5.44. The van der Waals surface area contributed by atoms with Gasteiger partial charge in [-0.15, -0.1) is 0 Å². The number of hydrogen-bond donors (Lipinski definition) is 1. The fourth-order valence-corrected chi connectivity index (χ4v) is 4.50. The van der Waals surface area contributed by atoms with Crippen LogP contribution < -0.4 is 10.6 Å². The molecule has 2 amide bonds. The number of carbonyl (C=O) groups excluding carboxylic acids is 2. The molecule has 2 aromatic rings. The second-order valence-corrected chi connectivity index (χ2v) is 7.74. The SMILES string of the molecule is NC[C@@H]1CN(C(=O)CCN2C(=O)CCc3ccccc32)C[C@H]1c1ccccc1. The van der Waals surface area contributed by atoms with E-state index in [0.717, 1.165) is 12.1 Å². The summed E-state index contributed by atoms with van der Waals surface area (Å²) in [6.45, 7) is 2.41. The molecular formula is C23H27N3O2. The molecule has 1 saturated heterocycles. The number of amides is 2. The minimum atomic E-state index is 0.104. The molecule has 28 heavy (non-hydrogen) atoms. The van der Waals surface area contributed by atoms with Gasteiger partial charge in [-0.1, -0.05) is 48.5 Å². The smallest absolute Gasteiger partial charge is 0.227 e. The first-order valence-corrected chi connectivity index (χ1v) is 10.1. The normalized spacial score (nSPS) is 21.7. The maximum absolute atomic E-state index is 12.9. The van der Waals surface area contributed by atoms with Gasteiger partial charge in [0.2, 0.25) is 11.8 Å². The van der Waals surface area contributed by atoms with Crippen LogP contribution in [0.4, 0.5) is 5.69 Å². The quantitative estimate of drug-likeness (QED) is 0.871. The summed E-state index contributed by atoms with van der Waals surface area (Å²) in [5.74, 6) is 0.777. The van der Waals surface area contributed by atoms with Crippen molar-refractivity contribution in [3.8, 4) is 0 Å². The number of nitrogens with two attached hydrogens (primary N) is 1. The molecule has 0 saturated carbocycles. The van der Waals surface area contributed by atoms with Crippen LogP contribution in [0.15, 0.2) is 54.6 Å². The first kappa shape index (κ1) is 18.7. The van der Waals surface area contributed by atoms with Gasteiger partial charge in [0.25, 0.3) is 0 Å². The largest absolute Gasteiger partial charge is 0.342 e. The Morgan fingerprint density at radius 2 is 1.75 bits per heavy atom. The molecule has 0 aromatic heterocycles. The Morgan fingerprint density at radius 1 is 1.00 bits per heavy atom. The van der Waals surface area contributed by atoms with E-state index in [1.54, 1.807) is 4.90 Å². The zero-order chi connectivity index (χ0) is 19.5. The summed E-state index contributed by atoms with van der Waals surface area (Å²) < 4.78 is 0. The number of fused-ring (bicyclic) bond motifs is 1. The van der Waals surface area contributed by atoms with Gasteiger partial charge in [-0.05, 0) is 36.1 Å². The highest BCUT2D eigenvalue weighted by atomic mass is 16.2. The molecule has 2 heterocycles. The molecule has 0 aliphatic carbocycles. The van der Waals surface area contributed by atoms with E-state index in [9.17, 15) is 9.59 Å². The topological polar surface area (TPSA) is 66.6 Å². The minimum absolute atomic E-state index is 0.104. The lowest BCUT2D eigenvalue weighted by Crippen LogP contribution is -2.39. The number of nitrogens with zero attached hydrogens (tertiary/aromatic N) is 2. The zero-order valence-electron chi connectivity index (χ0n) is 16.1. The highest BCUT2D eigenvalue weighted by molar-refractivity contribution is 5.97. The van der Waals surface area contributed by atoms with Crippen molar-refractivity contribution < 1.29 is 9.59 Å². The van der Waals surface area contributed by atoms with E-state index in [1.165, 1.54) is 11.1 Å². The van der Waals surface area contributed by atoms with Crippen LogP contribution >= 0.6 is 0 Å². The van der Waals surface area contributed by atoms with Crippen molar-refractivity contribution in [3.63, 3.8) is 0 Å². The summed E-state index contributed by atoms with van der Waals surface area (Å²) in [7, 11) is 0. The van der Waals surface area contributed by atoms with E-state index in [-0.39, 0.29) is 23.7 Å². The summed E-state index contributed by atoms with van der Waals surface area (Å²) in [6, 6.07) is 18.3. The Hall–Kier alpha value is -2.66. The van der Waals surface area contributed by atoms with Gasteiger partial charge in [0.05, 0.1) is 0 Å². The van der Waals surface area contributed by atoms with E-state index >= 15 is 0 Å². The molecule has 4 rings (SSSR count). The standard InChI is InChI=1S/C23H27N3O2/c24-14-19-15-25(16-20(19)17-6-2-1-3-7-17)22(27)12-13-26-21-9-5-4-8-18(21)10-11-23(26)28/h1-9,19-20H,10-16,24H2/t19-,20+/m1/s1. The van der Waals surface area contributed by atoms with Crippen molar-refractivity contribution in [3.05, 3.63) is 65.7 Å². The number of carbonyl (C=O) groups is 2. The molecule has 5 heteroatoms. The van der Waals surface area contributed by atoms with Gasteiger partial charge in [0, 0.05) is 44.1 Å². The first-order chi connectivity index (χ1) is 13.7. The number of rotatable bonds is 5. The van der Waals surface area contributed by atoms with Gasteiger partial charge in [0.15, 0.2) is 0 Å². The van der Waals surface area contributed by atoms with Crippen LogP contribution in [0.5, 0.6) is 0 Å². The van der Waals surface area contributed by atoms with Gasteiger partial charge in [0.1, 0.15) is 0 Å². The highest BCUT2D eigenvalue weighted by Gasteiger charge is 2.35. The van der Waals surface area contributed by atoms with Gasteiger partial charge in [-0.3, -0.25) is 9.59 Å². The van der Waals surface area contributed by atoms with Crippen LogP contribution in [0, 0.1) is 5.92 Å². The predicted octanol–water partition coefficient (Wildman–Crippen LogP) is 2.56. The maximum atomic E-state index is 12.9. The Balaban J connectivity index is 1.41. The lowest BCUT2D eigenvalue weighted by atomic mass is 9.89.